The molecule has 1 aliphatic rings. The third-order valence-corrected chi connectivity index (χ3v) is 6.59. The number of methoxy groups -OCH3 is 1. The molecule has 10 nitrogen and oxygen atoms in total. The second-order valence-electron chi connectivity index (χ2n) is 8.20. The van der Waals surface area contributed by atoms with Gasteiger partial charge >= 0.3 is 12.0 Å². The van der Waals surface area contributed by atoms with Gasteiger partial charge in [0.25, 0.3) is 0 Å². The molecule has 0 bridgehead atoms. The van der Waals surface area contributed by atoms with Crippen LogP contribution in [-0.4, -0.2) is 64.3 Å². The highest BCUT2D eigenvalue weighted by Gasteiger charge is 2.25. The van der Waals surface area contributed by atoms with E-state index >= 15 is 0 Å². The van der Waals surface area contributed by atoms with Crippen LogP contribution in [0.15, 0.2) is 24.3 Å². The number of amides is 2. The number of carbonyl (C=O) groups is 2. The summed E-state index contributed by atoms with van der Waals surface area (Å²) in [5, 5.41) is 11.3. The number of nitrogens with zero attached hydrogens (tertiary/aromatic N) is 4. The number of rotatable bonds is 10. The molecule has 11 heteroatoms. The first-order valence-corrected chi connectivity index (χ1v) is 12.2. The topological polar surface area (TPSA) is 111 Å². The number of fused-ring (bicyclic) bond motifs is 1. The largest absolute Gasteiger partial charge is 0.470 e. The van der Waals surface area contributed by atoms with Gasteiger partial charge in [-0.1, -0.05) is 18.2 Å². The normalized spacial score (nSPS) is 13.8. The summed E-state index contributed by atoms with van der Waals surface area (Å²) in [4.78, 5) is 27.2. The molecule has 2 N–H and O–H groups in total. The van der Waals surface area contributed by atoms with Gasteiger partial charge in [0, 0.05) is 19.0 Å². The Morgan fingerprint density at radius 3 is 2.76 bits per heavy atom. The van der Waals surface area contributed by atoms with E-state index < -0.39 is 12.0 Å². The Labute approximate surface area is 202 Å². The van der Waals surface area contributed by atoms with Gasteiger partial charge in [-0.25, -0.2) is 9.59 Å². The molecular weight excluding hydrogens is 456 g/mol. The van der Waals surface area contributed by atoms with Crippen molar-refractivity contribution >= 4 is 39.4 Å². The van der Waals surface area contributed by atoms with Gasteiger partial charge in [-0.3, -0.25) is 10.00 Å². The molecule has 0 atom stereocenters. The van der Waals surface area contributed by atoms with E-state index in [-0.39, 0.29) is 23.1 Å². The second-order valence-corrected chi connectivity index (χ2v) is 8.97. The summed E-state index contributed by atoms with van der Waals surface area (Å²) in [5.74, 6) is -0.525. The summed E-state index contributed by atoms with van der Waals surface area (Å²) in [6.07, 6.45) is 4.49. The van der Waals surface area contributed by atoms with Gasteiger partial charge in [-0.2, -0.15) is 9.47 Å². The molecule has 182 valence electrons. The predicted octanol–water partition coefficient (Wildman–Crippen LogP) is 3.39. The van der Waals surface area contributed by atoms with Crippen molar-refractivity contribution in [3.8, 4) is 5.88 Å². The van der Waals surface area contributed by atoms with Crippen molar-refractivity contribution in [3.05, 3.63) is 35.5 Å². The molecule has 2 aromatic heterocycles. The molecule has 34 heavy (non-hydrogen) atoms. The van der Waals surface area contributed by atoms with E-state index in [4.69, 9.17) is 9.47 Å². The van der Waals surface area contributed by atoms with Gasteiger partial charge in [0.15, 0.2) is 5.56 Å². The molecule has 2 amide bonds. The van der Waals surface area contributed by atoms with Crippen LogP contribution in [0.1, 0.15) is 41.7 Å². The van der Waals surface area contributed by atoms with E-state index in [1.807, 2.05) is 31.3 Å². The van der Waals surface area contributed by atoms with Crippen molar-refractivity contribution < 1.29 is 19.1 Å². The monoisotopic (exact) mass is 486 g/mol. The van der Waals surface area contributed by atoms with Gasteiger partial charge in [0.05, 0.1) is 12.6 Å². The number of nitrogens with one attached hydrogen (secondary N) is 2. The first-order valence-electron chi connectivity index (χ1n) is 11.5. The molecule has 1 fully saturated rings. The highest BCUT2D eigenvalue weighted by Crippen LogP contribution is 2.32. The first kappa shape index (κ1) is 24.0. The van der Waals surface area contributed by atoms with Crippen LogP contribution in [-0.2, 0) is 18.4 Å². The number of urea groups is 1. The maximum atomic E-state index is 12.4. The van der Waals surface area contributed by atoms with E-state index in [1.54, 1.807) is 4.68 Å². The number of likely N-dealkylation sites (tertiary alicyclic amines) is 1. The van der Waals surface area contributed by atoms with Crippen LogP contribution < -0.4 is 15.4 Å². The smallest absolute Gasteiger partial charge is 0.346 e. The molecule has 0 saturated carbocycles. The lowest BCUT2D eigenvalue weighted by molar-refractivity contribution is 0.0596. The molecule has 1 aromatic carbocycles. The molecule has 0 spiro atoms. The molecule has 3 aromatic rings. The van der Waals surface area contributed by atoms with Crippen molar-refractivity contribution in [3.63, 3.8) is 0 Å². The minimum Gasteiger partial charge on any atom is -0.470 e. The van der Waals surface area contributed by atoms with Crippen LogP contribution in [0.4, 0.5) is 9.80 Å². The Bertz CT molecular complexity index is 1140. The van der Waals surface area contributed by atoms with E-state index in [0.717, 1.165) is 47.5 Å². The molecular formula is C23H30N6O4S. The Kier molecular flexibility index (Phi) is 7.96. The summed E-state index contributed by atoms with van der Waals surface area (Å²) in [6, 6.07) is 7.43. The van der Waals surface area contributed by atoms with Gasteiger partial charge < -0.3 is 19.7 Å². The summed E-state index contributed by atoms with van der Waals surface area (Å²) in [6.45, 7) is 4.10. The number of benzene rings is 1. The molecule has 0 unspecified atom stereocenters. The number of unbranched alkanes of at least 4 members (excludes halogenated alkanes) is 1. The van der Waals surface area contributed by atoms with Crippen LogP contribution in [0, 0.1) is 0 Å². The van der Waals surface area contributed by atoms with Crippen LogP contribution in [0.5, 0.6) is 5.88 Å². The van der Waals surface area contributed by atoms with E-state index in [1.165, 1.54) is 33.0 Å². The van der Waals surface area contributed by atoms with Crippen LogP contribution in [0.25, 0.3) is 10.9 Å². The van der Waals surface area contributed by atoms with Crippen LogP contribution in [0.3, 0.4) is 0 Å². The zero-order valence-corrected chi connectivity index (χ0v) is 20.3. The SMILES string of the molecule is COC(=O)c1c(OCc2nn(C)c3ccccc23)nsc1NC(=O)NCCCCN1CCCC1. The van der Waals surface area contributed by atoms with Crippen LogP contribution in [0.2, 0.25) is 0 Å². The minimum absolute atomic E-state index is 0.0944. The first-order chi connectivity index (χ1) is 16.6. The number of esters is 1. The van der Waals surface area contributed by atoms with Crippen molar-refractivity contribution in [2.24, 2.45) is 7.05 Å². The lowest BCUT2D eigenvalue weighted by Gasteiger charge is -2.14. The number of para-hydroxylation sites is 1. The Morgan fingerprint density at radius 2 is 1.97 bits per heavy atom. The van der Waals surface area contributed by atoms with Crippen molar-refractivity contribution in [2.75, 3.05) is 38.6 Å². The van der Waals surface area contributed by atoms with Crippen molar-refractivity contribution in [1.29, 1.82) is 0 Å². The molecule has 1 aliphatic heterocycles. The predicted molar refractivity (Wildman–Crippen MR) is 130 cm³/mol. The maximum absolute atomic E-state index is 12.4. The van der Waals surface area contributed by atoms with E-state index in [0.29, 0.717) is 6.54 Å². The second kappa shape index (κ2) is 11.3. The Morgan fingerprint density at radius 1 is 1.18 bits per heavy atom. The lowest BCUT2D eigenvalue weighted by atomic mass is 10.2. The lowest BCUT2D eigenvalue weighted by Crippen LogP contribution is -2.30. The number of anilines is 1. The fraction of sp³-hybridized carbons (Fsp3) is 0.478. The fourth-order valence-electron chi connectivity index (χ4n) is 4.09. The number of hydrogen-bond acceptors (Lipinski definition) is 8. The summed E-state index contributed by atoms with van der Waals surface area (Å²) in [7, 11) is 3.14. The molecule has 3 heterocycles. The average Bonchev–Trinajstić information content (AvgIpc) is 3.57. The highest BCUT2D eigenvalue weighted by molar-refractivity contribution is 7.11. The molecule has 0 radical (unpaired) electrons. The summed E-state index contributed by atoms with van der Waals surface area (Å²) < 4.78 is 16.7. The number of hydrogen-bond donors (Lipinski definition) is 2. The van der Waals surface area contributed by atoms with E-state index in [9.17, 15) is 9.59 Å². The Balaban J connectivity index is 1.34. The quantitative estimate of drug-likeness (QED) is 0.334. The fourth-order valence-corrected chi connectivity index (χ4v) is 4.81. The molecule has 0 aliphatic carbocycles. The van der Waals surface area contributed by atoms with Crippen molar-refractivity contribution in [1.82, 2.24) is 24.4 Å². The van der Waals surface area contributed by atoms with Gasteiger partial charge in [0.2, 0.25) is 5.88 Å². The minimum atomic E-state index is -0.629. The molecule has 4 rings (SSSR count). The standard InChI is InChI=1S/C23H30N6O4S/c1-28-18-10-4-3-9-16(18)17(26-28)15-33-20-19(22(30)32-2)21(34-27-20)25-23(31)24-11-5-6-12-29-13-7-8-14-29/h3-4,9-10H,5-8,11-15H2,1-2H3,(H2,24,25,31). The van der Waals surface area contributed by atoms with Crippen molar-refractivity contribution in [2.45, 2.75) is 32.3 Å². The van der Waals surface area contributed by atoms with E-state index in [2.05, 4.69) is 25.0 Å². The van der Waals surface area contributed by atoms with Gasteiger partial charge in [-0.15, -0.1) is 0 Å². The highest BCUT2D eigenvalue weighted by atomic mass is 32.1. The number of ether oxygens (including phenoxy) is 2. The molecule has 1 saturated heterocycles. The zero-order valence-electron chi connectivity index (χ0n) is 19.5. The summed E-state index contributed by atoms with van der Waals surface area (Å²) in [5.41, 5.74) is 1.80. The maximum Gasteiger partial charge on any atom is 0.346 e. The number of aromatic nitrogens is 3. The van der Waals surface area contributed by atoms with Crippen LogP contribution >= 0.6 is 11.5 Å². The third-order valence-electron chi connectivity index (χ3n) is 5.84. The number of carbonyl (C=O) groups excluding carboxylic acids is 2. The average molecular weight is 487 g/mol. The summed E-state index contributed by atoms with van der Waals surface area (Å²) >= 11 is 0.973. The van der Waals surface area contributed by atoms with Gasteiger partial charge in [0.1, 0.15) is 17.3 Å². The number of aryl methyl sites for hydroxylation is 1. The Hall–Kier alpha value is -3.18. The zero-order chi connectivity index (χ0) is 23.9. The van der Waals surface area contributed by atoms with Gasteiger partial charge in [-0.05, 0) is 62.9 Å². The third kappa shape index (κ3) is 5.65.